The molecule has 0 aromatic carbocycles. The molecule has 6 heterocycles. The monoisotopic (exact) mass is 526 g/mol. The van der Waals surface area contributed by atoms with Gasteiger partial charge in [-0.3, -0.25) is 19.9 Å². The number of aromatic nitrogens is 7. The number of piperazine rings is 1. The van der Waals surface area contributed by atoms with Crippen LogP contribution in [0.15, 0.2) is 36.9 Å². The lowest BCUT2D eigenvalue weighted by atomic mass is 9.85. The molecule has 0 unspecified atom stereocenters. The Balaban J connectivity index is 1.26. The first kappa shape index (κ1) is 23.7. The number of halogens is 1. The van der Waals surface area contributed by atoms with Gasteiger partial charge in [-0.2, -0.15) is 5.10 Å². The second-order valence-electron chi connectivity index (χ2n) is 10.3. The highest BCUT2D eigenvalue weighted by molar-refractivity contribution is 5.97. The summed E-state index contributed by atoms with van der Waals surface area (Å²) >= 11 is 0. The van der Waals surface area contributed by atoms with Crippen LogP contribution < -0.4 is 10.2 Å². The molecule has 11 nitrogen and oxygen atoms in total. The molecule has 3 N–H and O–H groups in total. The number of H-pyrrole nitrogens is 2. The van der Waals surface area contributed by atoms with Gasteiger partial charge in [0.25, 0.3) is 0 Å². The number of aromatic amines is 2. The predicted octanol–water partition coefficient (Wildman–Crippen LogP) is 3.59. The number of rotatable bonds is 5. The van der Waals surface area contributed by atoms with E-state index in [0.29, 0.717) is 28.3 Å². The maximum atomic E-state index is 16.1. The van der Waals surface area contributed by atoms with E-state index < -0.39 is 5.82 Å². The van der Waals surface area contributed by atoms with Crippen LogP contribution >= 0.6 is 0 Å². The van der Waals surface area contributed by atoms with Gasteiger partial charge < -0.3 is 20.1 Å². The van der Waals surface area contributed by atoms with Crippen molar-refractivity contribution in [3.63, 3.8) is 0 Å². The van der Waals surface area contributed by atoms with Crippen LogP contribution in [0, 0.1) is 11.7 Å². The molecule has 7 rings (SSSR count). The van der Waals surface area contributed by atoms with Crippen molar-refractivity contribution in [3.05, 3.63) is 42.7 Å². The van der Waals surface area contributed by atoms with E-state index >= 15 is 4.39 Å². The third-order valence-corrected chi connectivity index (χ3v) is 7.71. The molecule has 198 valence electrons. The SMILES string of the molecule is CN1CCN(c2nccc3[nH]c(-c4n[nH]c5cnc(-c6cncc(NC(=O)C7CCC7)c6)c(F)c45)nc23)CC1. The number of pyridine rings is 3. The van der Waals surface area contributed by atoms with Crippen LogP contribution in [0.4, 0.5) is 15.9 Å². The lowest BCUT2D eigenvalue weighted by Gasteiger charge is -2.33. The number of hydrogen-bond donors (Lipinski definition) is 3. The van der Waals surface area contributed by atoms with Crippen molar-refractivity contribution in [2.24, 2.45) is 5.92 Å². The minimum atomic E-state index is -0.543. The van der Waals surface area contributed by atoms with E-state index in [4.69, 9.17) is 4.98 Å². The number of carbonyl (C=O) groups excluding carboxylic acids is 1. The van der Waals surface area contributed by atoms with Crippen molar-refractivity contribution in [1.29, 1.82) is 0 Å². The van der Waals surface area contributed by atoms with Gasteiger partial charge in [-0.15, -0.1) is 0 Å². The topological polar surface area (TPSA) is 132 Å². The van der Waals surface area contributed by atoms with Gasteiger partial charge in [-0.05, 0) is 32.0 Å². The van der Waals surface area contributed by atoms with Crippen LogP contribution in [0.2, 0.25) is 0 Å². The highest BCUT2D eigenvalue weighted by Crippen LogP contribution is 2.34. The predicted molar refractivity (Wildman–Crippen MR) is 146 cm³/mol. The van der Waals surface area contributed by atoms with Gasteiger partial charge in [0.05, 0.1) is 34.5 Å². The molecule has 1 aliphatic heterocycles. The van der Waals surface area contributed by atoms with Crippen LogP contribution in [-0.2, 0) is 4.79 Å². The number of nitrogens with zero attached hydrogens (tertiary/aromatic N) is 7. The summed E-state index contributed by atoms with van der Waals surface area (Å²) < 4.78 is 16.1. The third-order valence-electron chi connectivity index (χ3n) is 7.71. The highest BCUT2D eigenvalue weighted by Gasteiger charge is 2.26. The molecule has 5 aromatic rings. The van der Waals surface area contributed by atoms with E-state index in [1.165, 1.54) is 6.20 Å². The largest absolute Gasteiger partial charge is 0.352 e. The Kier molecular flexibility index (Phi) is 5.69. The van der Waals surface area contributed by atoms with Crippen LogP contribution in [-0.4, -0.2) is 79.2 Å². The Morgan fingerprint density at radius 1 is 1.08 bits per heavy atom. The molecule has 1 amide bonds. The number of anilines is 2. The Bertz CT molecular complexity index is 1700. The van der Waals surface area contributed by atoms with Crippen molar-refractivity contribution in [3.8, 4) is 22.8 Å². The summed E-state index contributed by atoms with van der Waals surface area (Å²) in [6.45, 7) is 3.60. The summed E-state index contributed by atoms with van der Waals surface area (Å²) in [6.07, 6.45) is 9.24. The van der Waals surface area contributed by atoms with E-state index in [1.807, 2.05) is 6.07 Å². The molecule has 1 saturated heterocycles. The number of nitrogens with one attached hydrogen (secondary N) is 3. The lowest BCUT2D eigenvalue weighted by Crippen LogP contribution is -2.44. The van der Waals surface area contributed by atoms with E-state index in [1.54, 1.807) is 24.7 Å². The Hall–Kier alpha value is -4.45. The van der Waals surface area contributed by atoms with E-state index in [0.717, 1.165) is 62.3 Å². The summed E-state index contributed by atoms with van der Waals surface area (Å²) in [5.41, 5.74) is 3.42. The van der Waals surface area contributed by atoms with Gasteiger partial charge in [0, 0.05) is 50.1 Å². The van der Waals surface area contributed by atoms with Crippen molar-refractivity contribution < 1.29 is 9.18 Å². The molecule has 0 radical (unpaired) electrons. The average Bonchev–Trinajstić information content (AvgIpc) is 3.53. The minimum absolute atomic E-state index is 0.0310. The van der Waals surface area contributed by atoms with Gasteiger partial charge in [-0.1, -0.05) is 6.42 Å². The zero-order valence-electron chi connectivity index (χ0n) is 21.4. The first-order valence-electron chi connectivity index (χ1n) is 13.1. The standard InChI is InChI=1S/C27H27FN10O/c1-37-7-9-38(10-8-37)26-23-18(5-6-30-26)33-25(34-23)24-20-19(35-36-24)14-31-22(21(20)28)16-11-17(13-29-12-16)32-27(39)15-3-2-4-15/h5-6,11-15H,2-4,7-10H2,1H3,(H,32,39)(H,33,34)(H,35,36). The highest BCUT2D eigenvalue weighted by atomic mass is 19.1. The first-order valence-corrected chi connectivity index (χ1v) is 13.1. The summed E-state index contributed by atoms with van der Waals surface area (Å²) in [6, 6.07) is 3.55. The smallest absolute Gasteiger partial charge is 0.227 e. The molecule has 12 heteroatoms. The van der Waals surface area contributed by atoms with Crippen LogP contribution in [0.1, 0.15) is 19.3 Å². The van der Waals surface area contributed by atoms with Crippen LogP contribution in [0.5, 0.6) is 0 Å². The van der Waals surface area contributed by atoms with E-state index in [2.05, 4.69) is 52.3 Å². The van der Waals surface area contributed by atoms with Gasteiger partial charge in [0.1, 0.15) is 16.9 Å². The van der Waals surface area contributed by atoms with Crippen molar-refractivity contribution in [1.82, 2.24) is 40.0 Å². The van der Waals surface area contributed by atoms with E-state index in [-0.39, 0.29) is 22.9 Å². The zero-order chi connectivity index (χ0) is 26.5. The summed E-state index contributed by atoms with van der Waals surface area (Å²) in [4.78, 5) is 38.2. The number of amides is 1. The molecule has 2 fully saturated rings. The fraction of sp³-hybridized carbons (Fsp3) is 0.333. The Labute approximate surface area is 222 Å². The maximum absolute atomic E-state index is 16.1. The van der Waals surface area contributed by atoms with Gasteiger partial charge >= 0.3 is 0 Å². The molecular weight excluding hydrogens is 499 g/mol. The summed E-state index contributed by atoms with van der Waals surface area (Å²) in [7, 11) is 2.11. The normalized spacial score (nSPS) is 16.6. The summed E-state index contributed by atoms with van der Waals surface area (Å²) in [5.74, 6) is 0.701. The minimum Gasteiger partial charge on any atom is -0.352 e. The quantitative estimate of drug-likeness (QED) is 0.317. The maximum Gasteiger partial charge on any atom is 0.227 e. The Morgan fingerprint density at radius 2 is 1.92 bits per heavy atom. The first-order chi connectivity index (χ1) is 19.0. The van der Waals surface area contributed by atoms with Gasteiger partial charge in [0.2, 0.25) is 5.91 Å². The number of likely N-dealkylation sites (N-methyl/N-ethyl adjacent to an activating group) is 1. The molecule has 5 aromatic heterocycles. The summed E-state index contributed by atoms with van der Waals surface area (Å²) in [5, 5.41) is 10.4. The molecule has 1 aliphatic carbocycles. The number of fused-ring (bicyclic) bond motifs is 2. The second kappa shape index (κ2) is 9.38. The molecule has 2 aliphatic rings. The molecule has 0 atom stereocenters. The molecule has 39 heavy (non-hydrogen) atoms. The van der Waals surface area contributed by atoms with Gasteiger partial charge in [0.15, 0.2) is 17.5 Å². The lowest BCUT2D eigenvalue weighted by molar-refractivity contribution is -0.122. The zero-order valence-corrected chi connectivity index (χ0v) is 21.4. The molecule has 0 bridgehead atoms. The van der Waals surface area contributed by atoms with Gasteiger partial charge in [-0.25, -0.2) is 14.4 Å². The number of carbonyl (C=O) groups is 1. The number of hydrogen-bond acceptors (Lipinski definition) is 8. The molecule has 0 spiro atoms. The number of imidazole rings is 1. The van der Waals surface area contributed by atoms with Crippen LogP contribution in [0.3, 0.4) is 0 Å². The van der Waals surface area contributed by atoms with Crippen LogP contribution in [0.25, 0.3) is 44.7 Å². The van der Waals surface area contributed by atoms with Crippen molar-refractivity contribution in [2.75, 3.05) is 43.4 Å². The average molecular weight is 527 g/mol. The molecular formula is C27H27FN10O. The van der Waals surface area contributed by atoms with E-state index in [9.17, 15) is 4.79 Å². The fourth-order valence-corrected chi connectivity index (χ4v) is 5.18. The fourth-order valence-electron chi connectivity index (χ4n) is 5.18. The van der Waals surface area contributed by atoms with Crippen molar-refractivity contribution in [2.45, 2.75) is 19.3 Å². The Morgan fingerprint density at radius 3 is 2.72 bits per heavy atom. The third kappa shape index (κ3) is 4.16. The van der Waals surface area contributed by atoms with Crippen molar-refractivity contribution >= 4 is 39.3 Å². The molecule has 1 saturated carbocycles. The second-order valence-corrected chi connectivity index (χ2v) is 10.3.